The molecule has 0 saturated carbocycles. The summed E-state index contributed by atoms with van der Waals surface area (Å²) in [5.41, 5.74) is 14.2. The Morgan fingerprint density at radius 2 is 1.91 bits per heavy atom. The third-order valence-electron chi connectivity index (χ3n) is 5.48. The van der Waals surface area contributed by atoms with E-state index in [4.69, 9.17) is 11.5 Å². The molecule has 9 heteroatoms. The van der Waals surface area contributed by atoms with Crippen molar-refractivity contribution in [2.24, 2.45) is 5.73 Å². The first-order chi connectivity index (χ1) is 15.8. The molecule has 0 aliphatic rings. The van der Waals surface area contributed by atoms with Crippen molar-refractivity contribution in [2.45, 2.75) is 44.7 Å². The lowest BCUT2D eigenvalue weighted by Gasteiger charge is -2.16. The number of aromatic amines is 1. The van der Waals surface area contributed by atoms with E-state index in [-0.39, 0.29) is 23.4 Å². The quantitative estimate of drug-likeness (QED) is 0.259. The van der Waals surface area contributed by atoms with Gasteiger partial charge in [-0.15, -0.1) is 0 Å². The Morgan fingerprint density at radius 3 is 2.64 bits per heavy atom. The van der Waals surface area contributed by atoms with Gasteiger partial charge in [0.25, 0.3) is 5.91 Å². The number of nitrogens with two attached hydrogens (primary N) is 2. The summed E-state index contributed by atoms with van der Waals surface area (Å²) < 4.78 is 0. The van der Waals surface area contributed by atoms with Crippen LogP contribution in [0.1, 0.15) is 42.1 Å². The van der Waals surface area contributed by atoms with E-state index in [0.717, 1.165) is 29.3 Å². The molecule has 9 nitrogen and oxygen atoms in total. The summed E-state index contributed by atoms with van der Waals surface area (Å²) in [5, 5.41) is 15.8. The van der Waals surface area contributed by atoms with Crippen LogP contribution in [0, 0.1) is 0 Å². The summed E-state index contributed by atoms with van der Waals surface area (Å²) in [6.07, 6.45) is 4.12. The minimum absolute atomic E-state index is 0.107. The normalized spacial score (nSPS) is 12.8. The van der Waals surface area contributed by atoms with Crippen LogP contribution in [0.3, 0.4) is 0 Å². The highest BCUT2D eigenvalue weighted by Gasteiger charge is 2.23. The molecular formula is C24H29N5O4. The van der Waals surface area contributed by atoms with Crippen LogP contribution in [0.5, 0.6) is 0 Å². The molecule has 3 rings (SSSR count). The summed E-state index contributed by atoms with van der Waals surface area (Å²) in [5.74, 6) is -2.14. The third kappa shape index (κ3) is 5.89. The average molecular weight is 452 g/mol. The number of aromatic nitrogens is 1. The van der Waals surface area contributed by atoms with E-state index in [1.54, 1.807) is 6.20 Å². The number of amides is 2. The van der Waals surface area contributed by atoms with Gasteiger partial charge in [-0.25, -0.2) is 4.79 Å². The largest absolute Gasteiger partial charge is 0.480 e. The first-order valence-corrected chi connectivity index (χ1v) is 10.8. The van der Waals surface area contributed by atoms with Crippen LogP contribution < -0.4 is 22.1 Å². The van der Waals surface area contributed by atoms with Gasteiger partial charge in [0.05, 0.1) is 17.4 Å². The number of carbonyl (C=O) groups is 3. The summed E-state index contributed by atoms with van der Waals surface area (Å²) in [6, 6.07) is 10.1. The zero-order chi connectivity index (χ0) is 24.0. The van der Waals surface area contributed by atoms with Crippen molar-refractivity contribution in [1.29, 1.82) is 0 Å². The van der Waals surface area contributed by atoms with Crippen molar-refractivity contribution in [2.75, 3.05) is 11.1 Å². The summed E-state index contributed by atoms with van der Waals surface area (Å²) in [7, 11) is 0. The molecule has 174 valence electrons. The van der Waals surface area contributed by atoms with E-state index in [9.17, 15) is 19.5 Å². The van der Waals surface area contributed by atoms with Gasteiger partial charge in [0, 0.05) is 29.1 Å². The van der Waals surface area contributed by atoms with E-state index in [1.807, 2.05) is 31.2 Å². The number of H-pyrrole nitrogens is 1. The molecule has 1 heterocycles. The van der Waals surface area contributed by atoms with Crippen molar-refractivity contribution >= 4 is 40.1 Å². The van der Waals surface area contributed by atoms with Gasteiger partial charge in [0.15, 0.2) is 0 Å². The molecule has 2 atom stereocenters. The molecule has 2 aromatic carbocycles. The topological polar surface area (TPSA) is 163 Å². The molecule has 0 bridgehead atoms. The second kappa shape index (κ2) is 10.6. The maximum absolute atomic E-state index is 12.8. The van der Waals surface area contributed by atoms with Gasteiger partial charge in [-0.1, -0.05) is 38.0 Å². The van der Waals surface area contributed by atoms with Gasteiger partial charge in [-0.2, -0.15) is 0 Å². The summed E-state index contributed by atoms with van der Waals surface area (Å²) >= 11 is 0. The lowest BCUT2D eigenvalue weighted by Crippen LogP contribution is -2.42. The molecule has 0 fully saturated rings. The number of nitrogens with one attached hydrogen (secondary N) is 3. The predicted octanol–water partition coefficient (Wildman–Crippen LogP) is 2.63. The average Bonchev–Trinajstić information content (AvgIpc) is 3.21. The van der Waals surface area contributed by atoms with Gasteiger partial charge in [0.1, 0.15) is 6.04 Å². The number of nitrogen functional groups attached to an aromatic ring is 1. The number of benzene rings is 2. The SMILES string of the molecule is CCCC[C@H](N)C(=O)Nc1cc(C(=O)N[C@@H](Cc2c[nH]c3ccccc23)C(=O)O)ccc1N. The highest BCUT2D eigenvalue weighted by atomic mass is 16.4. The van der Waals surface area contributed by atoms with Crippen LogP contribution in [0.15, 0.2) is 48.7 Å². The number of para-hydroxylation sites is 1. The van der Waals surface area contributed by atoms with Gasteiger partial charge < -0.3 is 32.2 Å². The second-order valence-electron chi connectivity index (χ2n) is 7.97. The second-order valence-corrected chi connectivity index (χ2v) is 7.97. The molecule has 1 aromatic heterocycles. The minimum atomic E-state index is -1.15. The molecule has 8 N–H and O–H groups in total. The number of unbranched alkanes of at least 4 members (excludes halogenated alkanes) is 1. The number of hydrogen-bond acceptors (Lipinski definition) is 5. The van der Waals surface area contributed by atoms with E-state index in [1.165, 1.54) is 18.2 Å². The Hall–Kier alpha value is -3.85. The first kappa shape index (κ1) is 23.8. The molecule has 0 aliphatic carbocycles. The summed E-state index contributed by atoms with van der Waals surface area (Å²) in [6.45, 7) is 2.01. The molecule has 0 saturated heterocycles. The smallest absolute Gasteiger partial charge is 0.326 e. The maximum Gasteiger partial charge on any atom is 0.326 e. The molecule has 0 unspecified atom stereocenters. The zero-order valence-electron chi connectivity index (χ0n) is 18.4. The minimum Gasteiger partial charge on any atom is -0.480 e. The van der Waals surface area contributed by atoms with Gasteiger partial charge in [-0.05, 0) is 36.2 Å². The highest BCUT2D eigenvalue weighted by Crippen LogP contribution is 2.22. The number of carbonyl (C=O) groups excluding carboxylic acids is 2. The van der Waals surface area contributed by atoms with E-state index >= 15 is 0 Å². The molecular weight excluding hydrogens is 422 g/mol. The predicted molar refractivity (Wildman–Crippen MR) is 128 cm³/mol. The van der Waals surface area contributed by atoms with Crippen molar-refractivity contribution in [3.8, 4) is 0 Å². The number of carboxylic acids is 1. The van der Waals surface area contributed by atoms with E-state index in [0.29, 0.717) is 6.42 Å². The van der Waals surface area contributed by atoms with Crippen LogP contribution in [0.2, 0.25) is 0 Å². The van der Waals surface area contributed by atoms with Crippen molar-refractivity contribution in [3.05, 3.63) is 59.8 Å². The van der Waals surface area contributed by atoms with Gasteiger partial charge in [0.2, 0.25) is 5.91 Å². The monoisotopic (exact) mass is 451 g/mol. The molecule has 3 aromatic rings. The van der Waals surface area contributed by atoms with Crippen molar-refractivity contribution < 1.29 is 19.5 Å². The Labute approximate surface area is 191 Å². The lowest BCUT2D eigenvalue weighted by molar-refractivity contribution is -0.139. The van der Waals surface area contributed by atoms with Crippen LogP contribution in [0.25, 0.3) is 10.9 Å². The van der Waals surface area contributed by atoms with Crippen LogP contribution in [0.4, 0.5) is 11.4 Å². The maximum atomic E-state index is 12.8. The first-order valence-electron chi connectivity index (χ1n) is 10.8. The molecule has 0 spiro atoms. The van der Waals surface area contributed by atoms with Crippen LogP contribution >= 0.6 is 0 Å². The van der Waals surface area contributed by atoms with Crippen molar-refractivity contribution in [1.82, 2.24) is 10.3 Å². The van der Waals surface area contributed by atoms with Crippen LogP contribution in [-0.2, 0) is 16.0 Å². The Bertz CT molecular complexity index is 1160. The van der Waals surface area contributed by atoms with E-state index < -0.39 is 29.9 Å². The van der Waals surface area contributed by atoms with Gasteiger partial charge >= 0.3 is 5.97 Å². The van der Waals surface area contributed by atoms with Gasteiger partial charge in [-0.3, -0.25) is 9.59 Å². The number of hydrogen-bond donors (Lipinski definition) is 6. The number of fused-ring (bicyclic) bond motifs is 1. The standard InChI is InChI=1S/C24H29N5O4/c1-2-3-7-18(26)23(31)28-20-11-14(9-10-17(20)25)22(30)29-21(24(32)33)12-15-13-27-19-8-5-4-6-16(15)19/h4-6,8-11,13,18,21,27H,2-3,7,12,25-26H2,1H3,(H,28,31)(H,29,30)(H,32,33)/t18-,21-/m0/s1. The number of carboxylic acid groups (broad SMARTS) is 1. The molecule has 0 radical (unpaired) electrons. The fourth-order valence-electron chi connectivity index (χ4n) is 3.55. The number of aliphatic carboxylic acids is 1. The molecule has 0 aliphatic heterocycles. The molecule has 33 heavy (non-hydrogen) atoms. The third-order valence-corrected chi connectivity index (χ3v) is 5.48. The Balaban J connectivity index is 1.73. The fourth-order valence-corrected chi connectivity index (χ4v) is 3.55. The highest BCUT2D eigenvalue weighted by molar-refractivity contribution is 6.01. The molecule has 2 amide bonds. The Kier molecular flexibility index (Phi) is 7.68. The number of anilines is 2. The fraction of sp³-hybridized carbons (Fsp3) is 0.292. The number of rotatable bonds is 10. The zero-order valence-corrected chi connectivity index (χ0v) is 18.4. The van der Waals surface area contributed by atoms with E-state index in [2.05, 4.69) is 15.6 Å². The lowest BCUT2D eigenvalue weighted by atomic mass is 10.0. The summed E-state index contributed by atoms with van der Waals surface area (Å²) in [4.78, 5) is 40.1. The Morgan fingerprint density at radius 1 is 1.15 bits per heavy atom. The van der Waals surface area contributed by atoms with Crippen LogP contribution in [-0.4, -0.2) is 40.0 Å². The van der Waals surface area contributed by atoms with Crippen molar-refractivity contribution in [3.63, 3.8) is 0 Å².